The summed E-state index contributed by atoms with van der Waals surface area (Å²) in [5.74, 6) is -0.0946. The van der Waals surface area contributed by atoms with Crippen LogP contribution in [0.3, 0.4) is 0 Å². The Kier molecular flexibility index (Phi) is 5.83. The molecule has 0 unspecified atom stereocenters. The summed E-state index contributed by atoms with van der Waals surface area (Å²) in [7, 11) is 3.72. The zero-order valence-electron chi connectivity index (χ0n) is 16.2. The van der Waals surface area contributed by atoms with Gasteiger partial charge in [-0.05, 0) is 29.4 Å². The Labute approximate surface area is 170 Å². The van der Waals surface area contributed by atoms with Crippen LogP contribution in [0.25, 0.3) is 6.08 Å². The molecule has 0 saturated heterocycles. The smallest absolute Gasteiger partial charge is 0.187 e. The predicted molar refractivity (Wildman–Crippen MR) is 110 cm³/mol. The normalized spacial score (nSPS) is 18.8. The third-order valence-corrected chi connectivity index (χ3v) is 4.44. The van der Waals surface area contributed by atoms with Crippen molar-refractivity contribution in [1.29, 1.82) is 10.5 Å². The van der Waals surface area contributed by atoms with E-state index in [4.69, 9.17) is 0 Å². The molecule has 0 N–H and O–H groups in total. The lowest BCUT2D eigenvalue weighted by atomic mass is 9.98. The molecule has 1 aliphatic heterocycles. The molecule has 1 aromatic rings. The monoisotopic (exact) mass is 379 g/mol. The fraction of sp³-hybridized carbons (Fsp3) is 0.0833. The third kappa shape index (κ3) is 4.74. The van der Waals surface area contributed by atoms with Gasteiger partial charge in [-0.25, -0.2) is 4.57 Å². The average Bonchev–Trinajstić information content (AvgIpc) is 2.73. The minimum atomic E-state index is -0.0946. The van der Waals surface area contributed by atoms with Crippen LogP contribution in [0.5, 0.6) is 0 Å². The molecule has 5 nitrogen and oxygen atoms in total. The van der Waals surface area contributed by atoms with Crippen LogP contribution in [0.15, 0.2) is 95.7 Å². The van der Waals surface area contributed by atoms with E-state index in [0.717, 1.165) is 16.7 Å². The number of ketones is 1. The second-order valence-electron chi connectivity index (χ2n) is 6.65. The van der Waals surface area contributed by atoms with Gasteiger partial charge in [-0.2, -0.15) is 10.5 Å². The largest absolute Gasteiger partial charge is 0.356 e. The fourth-order valence-corrected chi connectivity index (χ4v) is 2.86. The van der Waals surface area contributed by atoms with E-state index in [2.05, 4.69) is 12.1 Å². The molecule has 3 rings (SSSR count). The SMILES string of the molecule is CN1C=CC(=CC=C2C=C(C=Cc3cc[n+](C)cc3C#N)C=CC2=O)C(C#N)=C1. The van der Waals surface area contributed by atoms with Crippen LogP contribution in [0.1, 0.15) is 11.1 Å². The Balaban J connectivity index is 1.87. The summed E-state index contributed by atoms with van der Waals surface area (Å²) in [6, 6.07) is 6.22. The fourth-order valence-electron chi connectivity index (χ4n) is 2.86. The van der Waals surface area contributed by atoms with Gasteiger partial charge in [0, 0.05) is 36.7 Å². The summed E-state index contributed by atoms with van der Waals surface area (Å²) < 4.78 is 1.82. The molecule has 1 aromatic heterocycles. The highest BCUT2D eigenvalue weighted by molar-refractivity contribution is 6.08. The van der Waals surface area contributed by atoms with Crippen molar-refractivity contribution in [2.24, 2.45) is 7.05 Å². The van der Waals surface area contributed by atoms with E-state index < -0.39 is 0 Å². The number of aromatic nitrogens is 1. The number of pyridine rings is 1. The molecule has 0 saturated carbocycles. The third-order valence-electron chi connectivity index (χ3n) is 4.44. The van der Waals surface area contributed by atoms with Gasteiger partial charge in [-0.1, -0.05) is 30.4 Å². The maximum absolute atomic E-state index is 12.2. The lowest BCUT2D eigenvalue weighted by Crippen LogP contribution is -2.27. The Morgan fingerprint density at radius 1 is 1.07 bits per heavy atom. The number of carbonyl (C=O) groups excluding carboxylic acids is 1. The molecule has 1 aliphatic carbocycles. The maximum Gasteiger partial charge on any atom is 0.187 e. The van der Waals surface area contributed by atoms with Gasteiger partial charge in [0.25, 0.3) is 0 Å². The van der Waals surface area contributed by atoms with Crippen LogP contribution in [-0.4, -0.2) is 17.7 Å². The number of aryl methyl sites for hydroxylation is 1. The molecule has 0 radical (unpaired) electrons. The summed E-state index contributed by atoms with van der Waals surface area (Å²) in [6.45, 7) is 0. The number of allylic oxidation sites excluding steroid dienone is 11. The molecule has 2 heterocycles. The van der Waals surface area contributed by atoms with E-state index >= 15 is 0 Å². The second-order valence-corrected chi connectivity index (χ2v) is 6.65. The van der Waals surface area contributed by atoms with E-state index in [-0.39, 0.29) is 5.78 Å². The number of rotatable bonds is 3. The first-order chi connectivity index (χ1) is 14.0. The zero-order chi connectivity index (χ0) is 20.8. The first-order valence-corrected chi connectivity index (χ1v) is 8.96. The lowest BCUT2D eigenvalue weighted by Gasteiger charge is -2.14. The molecule has 29 heavy (non-hydrogen) atoms. The van der Waals surface area contributed by atoms with Crippen LogP contribution >= 0.6 is 0 Å². The van der Waals surface area contributed by atoms with Crippen LogP contribution < -0.4 is 4.57 Å². The molecule has 0 bridgehead atoms. The van der Waals surface area contributed by atoms with Gasteiger partial charge in [0.05, 0.1) is 5.57 Å². The van der Waals surface area contributed by atoms with Crippen molar-refractivity contribution in [2.75, 3.05) is 7.05 Å². The van der Waals surface area contributed by atoms with Crippen molar-refractivity contribution in [3.05, 3.63) is 107 Å². The molecule has 140 valence electrons. The van der Waals surface area contributed by atoms with Crippen LogP contribution in [0.4, 0.5) is 0 Å². The van der Waals surface area contributed by atoms with E-state index in [1.807, 2.05) is 55.4 Å². The summed E-state index contributed by atoms with van der Waals surface area (Å²) in [5.41, 5.74) is 4.06. The van der Waals surface area contributed by atoms with E-state index in [1.54, 1.807) is 41.6 Å². The zero-order valence-corrected chi connectivity index (χ0v) is 16.2. The van der Waals surface area contributed by atoms with Gasteiger partial charge < -0.3 is 4.90 Å². The Morgan fingerprint density at radius 2 is 1.86 bits per heavy atom. The van der Waals surface area contributed by atoms with Gasteiger partial charge in [-0.3, -0.25) is 4.79 Å². The van der Waals surface area contributed by atoms with Gasteiger partial charge in [0.2, 0.25) is 0 Å². The van der Waals surface area contributed by atoms with Crippen LogP contribution in [0.2, 0.25) is 0 Å². The van der Waals surface area contributed by atoms with Gasteiger partial charge in [0.15, 0.2) is 18.2 Å². The highest BCUT2D eigenvalue weighted by Crippen LogP contribution is 2.20. The summed E-state index contributed by atoms with van der Waals surface area (Å²) in [6.07, 6.45) is 21.3. The van der Waals surface area contributed by atoms with Gasteiger partial charge in [0.1, 0.15) is 24.7 Å². The quantitative estimate of drug-likeness (QED) is 0.597. The lowest BCUT2D eigenvalue weighted by molar-refractivity contribution is -0.671. The van der Waals surface area contributed by atoms with Crippen LogP contribution in [0, 0.1) is 22.7 Å². The Bertz CT molecular complexity index is 1160. The summed E-state index contributed by atoms with van der Waals surface area (Å²) in [4.78, 5) is 14.0. The molecule has 0 amide bonds. The Morgan fingerprint density at radius 3 is 2.62 bits per heavy atom. The minimum Gasteiger partial charge on any atom is -0.356 e. The van der Waals surface area contributed by atoms with E-state index in [9.17, 15) is 15.3 Å². The first-order valence-electron chi connectivity index (χ1n) is 8.96. The number of hydrogen-bond acceptors (Lipinski definition) is 4. The number of hydrogen-bond donors (Lipinski definition) is 0. The Hall–Kier alpha value is -4.22. The molecule has 0 spiro atoms. The highest BCUT2D eigenvalue weighted by atomic mass is 16.1. The van der Waals surface area contributed by atoms with Crippen molar-refractivity contribution in [2.45, 2.75) is 0 Å². The first kappa shape index (κ1) is 19.5. The number of nitriles is 2. The summed E-state index contributed by atoms with van der Waals surface area (Å²) >= 11 is 0. The highest BCUT2D eigenvalue weighted by Gasteiger charge is 2.11. The van der Waals surface area contributed by atoms with E-state index in [1.165, 1.54) is 6.08 Å². The molecule has 0 aromatic carbocycles. The van der Waals surface area contributed by atoms with Crippen LogP contribution in [-0.2, 0) is 11.8 Å². The van der Waals surface area contributed by atoms with Crippen molar-refractivity contribution in [3.8, 4) is 12.1 Å². The molecule has 0 atom stereocenters. The van der Waals surface area contributed by atoms with Crippen molar-refractivity contribution >= 4 is 11.9 Å². The van der Waals surface area contributed by atoms with Gasteiger partial charge in [-0.15, -0.1) is 0 Å². The maximum atomic E-state index is 12.2. The molecule has 5 heteroatoms. The number of carbonyl (C=O) groups is 1. The van der Waals surface area contributed by atoms with Gasteiger partial charge >= 0.3 is 0 Å². The number of nitrogens with zero attached hydrogens (tertiary/aromatic N) is 4. The molecular weight excluding hydrogens is 360 g/mol. The molecular formula is C24H19N4O+. The van der Waals surface area contributed by atoms with Crippen molar-refractivity contribution in [3.63, 3.8) is 0 Å². The van der Waals surface area contributed by atoms with Crippen molar-refractivity contribution < 1.29 is 9.36 Å². The molecule has 0 fully saturated rings. The second kappa shape index (κ2) is 8.65. The standard InChI is InChI=1S/C24H19N4O/c1-27-11-9-19(22(14-25)16-27)5-3-18-4-8-24(29)21(13-18)7-6-20-10-12-28(2)17-23(20)15-26/h3-13,16-17H,1-2H3/q+1. The molecule has 2 aliphatic rings. The predicted octanol–water partition coefficient (Wildman–Crippen LogP) is 3.18. The summed E-state index contributed by atoms with van der Waals surface area (Å²) in [5, 5.41) is 18.6. The van der Waals surface area contributed by atoms with Crippen molar-refractivity contribution in [1.82, 2.24) is 4.90 Å². The average molecular weight is 379 g/mol. The minimum absolute atomic E-state index is 0.0946. The van der Waals surface area contributed by atoms with E-state index in [0.29, 0.717) is 16.7 Å². The topological polar surface area (TPSA) is 71.8 Å².